The van der Waals surface area contributed by atoms with E-state index in [0.29, 0.717) is 0 Å². The fourth-order valence-corrected chi connectivity index (χ4v) is 4.13. The number of fused-ring (bicyclic) bond motifs is 1. The third kappa shape index (κ3) is 5.11. The van der Waals surface area contributed by atoms with E-state index in [9.17, 15) is 22.4 Å². The molecule has 7 nitrogen and oxygen atoms in total. The first kappa shape index (κ1) is 22.6. The highest BCUT2D eigenvalue weighted by atomic mass is 32.1. The maximum Gasteiger partial charge on any atom is 0.434 e. The number of aromatic nitrogens is 5. The second-order valence-corrected chi connectivity index (χ2v) is 8.05. The van der Waals surface area contributed by atoms with E-state index in [-0.39, 0.29) is 16.6 Å². The molecule has 1 aromatic carbocycles. The molecule has 5 rings (SSSR count). The molecule has 1 amide bonds. The molecule has 2 N–H and O–H groups in total. The number of halogens is 4. The number of hydrogen-bond acceptors (Lipinski definition) is 5. The summed E-state index contributed by atoms with van der Waals surface area (Å²) in [5.74, 6) is 0.139. The number of imidazole rings is 1. The molecule has 0 bridgehead atoms. The predicted molar refractivity (Wildman–Crippen MR) is 113 cm³/mol. The lowest BCUT2D eigenvalue weighted by atomic mass is 10.2. The quantitative estimate of drug-likeness (QED) is 0.440. The lowest BCUT2D eigenvalue weighted by Crippen LogP contribution is -2.16. The van der Waals surface area contributed by atoms with Gasteiger partial charge in [0.25, 0.3) is 5.91 Å². The van der Waals surface area contributed by atoms with E-state index >= 15 is 0 Å². The van der Waals surface area contributed by atoms with E-state index in [0.717, 1.165) is 51.4 Å². The monoisotopic (exact) mass is 478 g/mol. The number of alkyl halides is 3. The molecule has 0 aliphatic carbocycles. The zero-order chi connectivity index (χ0) is 23.6. The van der Waals surface area contributed by atoms with Crippen LogP contribution in [0.2, 0.25) is 0 Å². The summed E-state index contributed by atoms with van der Waals surface area (Å²) in [6.45, 7) is 1.04. The van der Waals surface area contributed by atoms with Crippen molar-refractivity contribution in [3.05, 3.63) is 71.1 Å². The number of aryl methyl sites for hydroxylation is 2. The van der Waals surface area contributed by atoms with Gasteiger partial charge in [0.05, 0.1) is 11.9 Å². The molecule has 0 saturated heterocycles. The fourth-order valence-electron chi connectivity index (χ4n) is 3.33. The smallest absolute Gasteiger partial charge is 0.364 e. The number of benzene rings is 1. The van der Waals surface area contributed by atoms with Crippen LogP contribution in [0.15, 0.2) is 48.1 Å². The number of carbonyl (C=O) groups excluding carboxylic acids is 1. The van der Waals surface area contributed by atoms with Gasteiger partial charge in [0.2, 0.25) is 5.13 Å². The molecule has 12 heteroatoms. The molecule has 0 spiro atoms. The molecule has 33 heavy (non-hydrogen) atoms. The van der Waals surface area contributed by atoms with Crippen molar-refractivity contribution in [3.63, 3.8) is 0 Å². The standard InChI is InChI=1S/C13H13FN2.C8H5F3N4OS/c14-11-5-3-4-10(8-11)12-9-16-7-2-1-6-13(16)15-12;9-8(10,11)5-3-17-7(14-5)15-4(6(12)16)1-2-13-15/h3-5,8-9H,1-2,6-7H2;1-3H,(H2,12,16). The van der Waals surface area contributed by atoms with Crippen molar-refractivity contribution in [2.45, 2.75) is 32.0 Å². The first-order valence-electron chi connectivity index (χ1n) is 9.91. The molecule has 0 atom stereocenters. The van der Waals surface area contributed by atoms with Crippen LogP contribution in [0, 0.1) is 5.82 Å². The van der Waals surface area contributed by atoms with Gasteiger partial charge in [0.15, 0.2) is 5.69 Å². The van der Waals surface area contributed by atoms with E-state index < -0.39 is 17.8 Å². The van der Waals surface area contributed by atoms with Crippen LogP contribution in [0.3, 0.4) is 0 Å². The van der Waals surface area contributed by atoms with Crippen molar-refractivity contribution in [1.82, 2.24) is 24.3 Å². The van der Waals surface area contributed by atoms with Crippen LogP contribution >= 0.6 is 11.3 Å². The highest BCUT2D eigenvalue weighted by Crippen LogP contribution is 2.31. The van der Waals surface area contributed by atoms with Gasteiger partial charge >= 0.3 is 6.18 Å². The molecular formula is C21H18F4N6OS. The fraction of sp³-hybridized carbons (Fsp3) is 0.238. The Kier molecular flexibility index (Phi) is 6.27. The molecule has 4 aromatic rings. The number of primary amides is 1. The first-order chi connectivity index (χ1) is 15.7. The summed E-state index contributed by atoms with van der Waals surface area (Å²) < 4.78 is 53.2. The Morgan fingerprint density at radius 1 is 1.15 bits per heavy atom. The summed E-state index contributed by atoms with van der Waals surface area (Å²) in [7, 11) is 0. The summed E-state index contributed by atoms with van der Waals surface area (Å²) in [5.41, 5.74) is 5.75. The molecule has 3 aromatic heterocycles. The van der Waals surface area contributed by atoms with Gasteiger partial charge < -0.3 is 10.3 Å². The van der Waals surface area contributed by atoms with Crippen LogP contribution in [0.4, 0.5) is 17.6 Å². The minimum Gasteiger partial charge on any atom is -0.364 e. The average Bonchev–Trinajstić information content (AvgIpc) is 3.52. The normalized spacial score (nSPS) is 13.2. The zero-order valence-corrected chi connectivity index (χ0v) is 17.9. The number of hydrogen-bond donors (Lipinski definition) is 1. The number of nitrogens with zero attached hydrogens (tertiary/aromatic N) is 5. The first-order valence-corrected chi connectivity index (χ1v) is 10.8. The van der Waals surface area contributed by atoms with Crippen LogP contribution in [0.5, 0.6) is 0 Å². The van der Waals surface area contributed by atoms with Crippen LogP contribution < -0.4 is 5.73 Å². The van der Waals surface area contributed by atoms with Gasteiger partial charge in [0.1, 0.15) is 17.3 Å². The van der Waals surface area contributed by atoms with E-state index in [1.165, 1.54) is 37.2 Å². The Balaban J connectivity index is 0.000000157. The third-order valence-corrected chi connectivity index (χ3v) is 5.70. The largest absolute Gasteiger partial charge is 0.434 e. The van der Waals surface area contributed by atoms with Crippen molar-refractivity contribution < 1.29 is 22.4 Å². The van der Waals surface area contributed by atoms with Gasteiger partial charge in [-0.05, 0) is 31.0 Å². The highest BCUT2D eigenvalue weighted by Gasteiger charge is 2.34. The number of thiazole rings is 1. The van der Waals surface area contributed by atoms with Crippen molar-refractivity contribution in [2.75, 3.05) is 0 Å². The summed E-state index contributed by atoms with van der Waals surface area (Å²) in [6, 6.07) is 7.92. The van der Waals surface area contributed by atoms with Gasteiger partial charge in [0, 0.05) is 30.1 Å². The van der Waals surface area contributed by atoms with Crippen LogP contribution in [0.25, 0.3) is 16.4 Å². The minimum absolute atomic E-state index is 0.0203. The van der Waals surface area contributed by atoms with Gasteiger partial charge in [-0.25, -0.2) is 19.0 Å². The lowest BCUT2D eigenvalue weighted by Gasteiger charge is -2.11. The Morgan fingerprint density at radius 3 is 2.64 bits per heavy atom. The third-order valence-electron chi connectivity index (χ3n) is 4.89. The second kappa shape index (κ2) is 9.14. The van der Waals surface area contributed by atoms with Crippen molar-refractivity contribution in [2.24, 2.45) is 5.73 Å². The maximum atomic E-state index is 13.1. The zero-order valence-electron chi connectivity index (χ0n) is 17.1. The number of nitrogens with two attached hydrogens (primary N) is 1. The van der Waals surface area contributed by atoms with E-state index in [1.807, 2.05) is 12.3 Å². The maximum absolute atomic E-state index is 13.1. The minimum atomic E-state index is -4.52. The Hall–Kier alpha value is -3.54. The molecule has 0 radical (unpaired) electrons. The summed E-state index contributed by atoms with van der Waals surface area (Å²) in [4.78, 5) is 18.9. The molecule has 1 aliphatic rings. The number of rotatable bonds is 3. The number of amides is 1. The van der Waals surface area contributed by atoms with Gasteiger partial charge in [-0.15, -0.1) is 11.3 Å². The summed E-state index contributed by atoms with van der Waals surface area (Å²) >= 11 is 0.727. The average molecular weight is 478 g/mol. The van der Waals surface area contributed by atoms with Gasteiger partial charge in [-0.2, -0.15) is 18.3 Å². The van der Waals surface area contributed by atoms with E-state index in [4.69, 9.17) is 5.73 Å². The van der Waals surface area contributed by atoms with Crippen LogP contribution in [-0.2, 0) is 19.1 Å². The number of carbonyl (C=O) groups is 1. The molecule has 4 heterocycles. The molecule has 172 valence electrons. The second-order valence-electron chi connectivity index (χ2n) is 7.21. The summed E-state index contributed by atoms with van der Waals surface area (Å²) in [6.07, 6.45) is 2.23. The van der Waals surface area contributed by atoms with Crippen LogP contribution in [-0.4, -0.2) is 30.2 Å². The SMILES string of the molecule is Fc1cccc(-c2cn3c(n2)CCCC3)c1.NC(=O)c1ccnn1-c1nc(C(F)(F)F)cs1. The van der Waals surface area contributed by atoms with Crippen molar-refractivity contribution >= 4 is 17.2 Å². The van der Waals surface area contributed by atoms with Gasteiger partial charge in [-0.1, -0.05) is 12.1 Å². The molecular weight excluding hydrogens is 460 g/mol. The van der Waals surface area contributed by atoms with Crippen molar-refractivity contribution in [3.8, 4) is 16.4 Å². The summed E-state index contributed by atoms with van der Waals surface area (Å²) in [5, 5.41) is 4.49. The van der Waals surface area contributed by atoms with Crippen LogP contribution in [0.1, 0.15) is 34.8 Å². The van der Waals surface area contributed by atoms with E-state index in [1.54, 1.807) is 6.07 Å². The Bertz CT molecular complexity index is 1250. The van der Waals surface area contributed by atoms with E-state index in [2.05, 4.69) is 19.6 Å². The van der Waals surface area contributed by atoms with Gasteiger partial charge in [-0.3, -0.25) is 4.79 Å². The molecule has 0 unspecified atom stereocenters. The highest BCUT2D eigenvalue weighted by molar-refractivity contribution is 7.12. The predicted octanol–water partition coefficient (Wildman–Crippen LogP) is 4.47. The molecule has 0 saturated carbocycles. The molecule has 0 fully saturated rings. The Morgan fingerprint density at radius 2 is 1.97 bits per heavy atom. The molecule has 1 aliphatic heterocycles. The topological polar surface area (TPSA) is 91.6 Å². The Labute approximate surface area is 189 Å². The van der Waals surface area contributed by atoms with Crippen molar-refractivity contribution in [1.29, 1.82) is 0 Å². The lowest BCUT2D eigenvalue weighted by molar-refractivity contribution is -0.140.